The van der Waals surface area contributed by atoms with Gasteiger partial charge in [0.15, 0.2) is 5.82 Å². The van der Waals surface area contributed by atoms with Crippen LogP contribution in [0.3, 0.4) is 0 Å². The summed E-state index contributed by atoms with van der Waals surface area (Å²) in [6, 6.07) is 5.94. The number of carboxylic acids is 1. The average molecular weight is 447 g/mol. The number of carbonyl (C=O) groups is 1. The molecule has 7 nitrogen and oxygen atoms in total. The smallest absolute Gasteiger partial charge is 0.303 e. The number of aliphatic carboxylic acids is 1. The Balaban J connectivity index is 2.00. The van der Waals surface area contributed by atoms with Crippen LogP contribution in [0.15, 0.2) is 30.6 Å². The van der Waals surface area contributed by atoms with Gasteiger partial charge in [0, 0.05) is 38.2 Å². The molecule has 3 rings (SSSR count). The fourth-order valence-electron chi connectivity index (χ4n) is 3.83. The maximum atomic E-state index is 11.2. The van der Waals surface area contributed by atoms with Crippen LogP contribution in [0.25, 0.3) is 0 Å². The number of pyridine rings is 2. The monoisotopic (exact) mass is 446 g/mol. The molecule has 1 aliphatic rings. The lowest BCUT2D eigenvalue weighted by molar-refractivity contribution is -0.137. The van der Waals surface area contributed by atoms with Crippen molar-refractivity contribution in [2.45, 2.75) is 52.0 Å². The number of nitrogens with zero attached hydrogens (tertiary/aromatic N) is 3. The molecule has 0 bridgehead atoms. The molecule has 3 heterocycles. The molecule has 0 aromatic carbocycles. The first-order valence-electron chi connectivity index (χ1n) is 10.8. The van der Waals surface area contributed by atoms with Crippen LogP contribution in [0.2, 0.25) is 5.02 Å². The molecule has 2 N–H and O–H groups in total. The highest BCUT2D eigenvalue weighted by Gasteiger charge is 2.26. The molecule has 1 unspecified atom stereocenters. The standard InChI is InChI=1S/C23H31ClN4O3/c1-15(2)14-28(19-6-8-31-9-7-19)23-20(27-21-5-4-18(24)13-25-21)11-17(12-26-23)16(3)10-22(29)30/h4-5,11-13,15-16,19H,6-10,14H2,1-3H3,(H,25,27)(H,29,30). The van der Waals surface area contributed by atoms with Gasteiger partial charge in [-0.25, -0.2) is 9.97 Å². The van der Waals surface area contributed by atoms with E-state index in [0.29, 0.717) is 22.8 Å². The van der Waals surface area contributed by atoms with E-state index in [0.717, 1.165) is 49.7 Å². The van der Waals surface area contributed by atoms with Crippen LogP contribution < -0.4 is 10.2 Å². The highest BCUT2D eigenvalue weighted by molar-refractivity contribution is 6.30. The summed E-state index contributed by atoms with van der Waals surface area (Å²) in [5.41, 5.74) is 1.69. The summed E-state index contributed by atoms with van der Waals surface area (Å²) in [7, 11) is 0. The molecule has 0 aliphatic carbocycles. The first-order valence-corrected chi connectivity index (χ1v) is 11.2. The van der Waals surface area contributed by atoms with E-state index in [4.69, 9.17) is 21.3 Å². The van der Waals surface area contributed by atoms with Crippen molar-refractivity contribution >= 4 is 34.9 Å². The maximum absolute atomic E-state index is 11.2. The zero-order valence-electron chi connectivity index (χ0n) is 18.3. The van der Waals surface area contributed by atoms with Crippen molar-refractivity contribution in [2.24, 2.45) is 5.92 Å². The van der Waals surface area contributed by atoms with E-state index in [2.05, 4.69) is 29.0 Å². The summed E-state index contributed by atoms with van der Waals surface area (Å²) in [6.45, 7) is 8.65. The minimum Gasteiger partial charge on any atom is -0.481 e. The summed E-state index contributed by atoms with van der Waals surface area (Å²) in [4.78, 5) is 22.8. The van der Waals surface area contributed by atoms with Gasteiger partial charge in [-0.2, -0.15) is 0 Å². The molecule has 2 aromatic heterocycles. The zero-order valence-corrected chi connectivity index (χ0v) is 19.1. The summed E-state index contributed by atoms with van der Waals surface area (Å²) in [6.07, 6.45) is 5.35. The minimum absolute atomic E-state index is 0.0509. The molecule has 0 amide bonds. The Hall–Kier alpha value is -2.38. The van der Waals surface area contributed by atoms with Crippen LogP contribution >= 0.6 is 11.6 Å². The second kappa shape index (κ2) is 10.8. The second-order valence-electron chi connectivity index (χ2n) is 8.52. The lowest BCUT2D eigenvalue weighted by atomic mass is 9.98. The SMILES string of the molecule is CC(C)CN(c1ncc(C(C)CC(=O)O)cc1Nc1ccc(Cl)cn1)C1CCOCC1. The van der Waals surface area contributed by atoms with Crippen molar-refractivity contribution < 1.29 is 14.6 Å². The fraction of sp³-hybridized carbons (Fsp3) is 0.522. The van der Waals surface area contributed by atoms with E-state index < -0.39 is 5.97 Å². The Morgan fingerprint density at radius 1 is 1.26 bits per heavy atom. The van der Waals surface area contributed by atoms with Gasteiger partial charge in [0.2, 0.25) is 0 Å². The number of nitrogens with one attached hydrogen (secondary N) is 1. The zero-order chi connectivity index (χ0) is 22.4. The molecular weight excluding hydrogens is 416 g/mol. The Bertz CT molecular complexity index is 870. The van der Waals surface area contributed by atoms with Crippen molar-refractivity contribution in [3.63, 3.8) is 0 Å². The van der Waals surface area contributed by atoms with Gasteiger partial charge in [-0.1, -0.05) is 32.4 Å². The Labute approximate surface area is 188 Å². The van der Waals surface area contributed by atoms with Crippen LogP contribution in [0, 0.1) is 5.92 Å². The van der Waals surface area contributed by atoms with Crippen LogP contribution in [0.4, 0.5) is 17.3 Å². The lowest BCUT2D eigenvalue weighted by Crippen LogP contribution is -2.42. The number of anilines is 3. The molecule has 31 heavy (non-hydrogen) atoms. The molecule has 1 saturated heterocycles. The fourth-order valence-corrected chi connectivity index (χ4v) is 3.94. The normalized spacial score (nSPS) is 15.6. The van der Waals surface area contributed by atoms with Gasteiger partial charge >= 0.3 is 5.97 Å². The van der Waals surface area contributed by atoms with Crippen LogP contribution in [-0.2, 0) is 9.53 Å². The molecule has 0 spiro atoms. The number of carboxylic acid groups (broad SMARTS) is 1. The van der Waals surface area contributed by atoms with Crippen LogP contribution in [0.5, 0.6) is 0 Å². The number of rotatable bonds is 9. The lowest BCUT2D eigenvalue weighted by Gasteiger charge is -2.37. The topological polar surface area (TPSA) is 87.6 Å². The predicted octanol–water partition coefficient (Wildman–Crippen LogP) is 5.09. The Morgan fingerprint density at radius 2 is 2.00 bits per heavy atom. The first-order chi connectivity index (χ1) is 14.8. The predicted molar refractivity (Wildman–Crippen MR) is 123 cm³/mol. The highest BCUT2D eigenvalue weighted by Crippen LogP contribution is 2.34. The van der Waals surface area contributed by atoms with Crippen LogP contribution in [0.1, 0.15) is 51.5 Å². The molecule has 1 fully saturated rings. The molecule has 1 aliphatic heterocycles. The van der Waals surface area contributed by atoms with Crippen molar-refractivity contribution in [3.05, 3.63) is 41.2 Å². The molecule has 8 heteroatoms. The van der Waals surface area contributed by atoms with Gasteiger partial charge in [-0.3, -0.25) is 4.79 Å². The van der Waals surface area contributed by atoms with E-state index in [-0.39, 0.29) is 12.3 Å². The third kappa shape index (κ3) is 6.55. The van der Waals surface area contributed by atoms with E-state index >= 15 is 0 Å². The minimum atomic E-state index is -0.825. The number of ether oxygens (including phenoxy) is 1. The van der Waals surface area contributed by atoms with Gasteiger partial charge in [0.25, 0.3) is 0 Å². The summed E-state index contributed by atoms with van der Waals surface area (Å²) < 4.78 is 5.57. The largest absolute Gasteiger partial charge is 0.481 e. The third-order valence-corrected chi connectivity index (χ3v) is 5.62. The molecule has 0 radical (unpaired) electrons. The summed E-state index contributed by atoms with van der Waals surface area (Å²) >= 11 is 5.99. The highest BCUT2D eigenvalue weighted by atomic mass is 35.5. The second-order valence-corrected chi connectivity index (χ2v) is 8.95. The van der Waals surface area contributed by atoms with E-state index in [1.165, 1.54) is 0 Å². The Kier molecular flexibility index (Phi) is 8.09. The first kappa shape index (κ1) is 23.3. The van der Waals surface area contributed by atoms with Gasteiger partial charge in [0.05, 0.1) is 17.1 Å². The van der Waals surface area contributed by atoms with Crippen molar-refractivity contribution in [1.29, 1.82) is 0 Å². The number of hydrogen-bond acceptors (Lipinski definition) is 6. The third-order valence-electron chi connectivity index (χ3n) is 5.39. The van der Waals surface area contributed by atoms with Gasteiger partial charge in [-0.15, -0.1) is 0 Å². The van der Waals surface area contributed by atoms with Crippen LogP contribution in [-0.4, -0.2) is 46.8 Å². The van der Waals surface area contributed by atoms with E-state index in [9.17, 15) is 9.90 Å². The van der Waals surface area contributed by atoms with Crippen molar-refractivity contribution in [2.75, 3.05) is 30.0 Å². The summed E-state index contributed by atoms with van der Waals surface area (Å²) in [5, 5.41) is 13.2. The Morgan fingerprint density at radius 3 is 2.61 bits per heavy atom. The van der Waals surface area contributed by atoms with Crippen molar-refractivity contribution in [1.82, 2.24) is 9.97 Å². The van der Waals surface area contributed by atoms with Gasteiger partial charge in [-0.05, 0) is 48.4 Å². The molecule has 2 aromatic rings. The van der Waals surface area contributed by atoms with Gasteiger partial charge in [0.1, 0.15) is 5.82 Å². The number of hydrogen-bond donors (Lipinski definition) is 2. The molecular formula is C23H31ClN4O3. The molecule has 168 valence electrons. The quantitative estimate of drug-likeness (QED) is 0.554. The maximum Gasteiger partial charge on any atom is 0.303 e. The number of halogens is 1. The average Bonchev–Trinajstić information content (AvgIpc) is 2.74. The molecule has 0 saturated carbocycles. The van der Waals surface area contributed by atoms with Crippen molar-refractivity contribution in [3.8, 4) is 0 Å². The van der Waals surface area contributed by atoms with E-state index in [1.807, 2.05) is 19.1 Å². The summed E-state index contributed by atoms with van der Waals surface area (Å²) in [5.74, 6) is 0.987. The molecule has 1 atom stereocenters. The number of aromatic nitrogens is 2. The van der Waals surface area contributed by atoms with Gasteiger partial charge < -0.3 is 20.1 Å². The van der Waals surface area contributed by atoms with E-state index in [1.54, 1.807) is 18.5 Å².